The maximum atomic E-state index is 12.7. The van der Waals surface area contributed by atoms with E-state index in [4.69, 9.17) is 11.6 Å². The molecular formula is C17H17ClN4O. The zero-order chi connectivity index (χ0) is 16.4. The SMILES string of the molecule is Cc1c(Cl)ccc2c1C(=O)N(CCCCn1ccnc1)C2C#N. The summed E-state index contributed by atoms with van der Waals surface area (Å²) in [5.74, 6) is -0.0887. The molecule has 0 spiro atoms. The molecule has 2 aromatic rings. The minimum absolute atomic E-state index is 0.0887. The predicted molar refractivity (Wildman–Crippen MR) is 87.0 cm³/mol. The van der Waals surface area contributed by atoms with E-state index in [2.05, 4.69) is 11.1 Å². The Morgan fingerprint density at radius 2 is 2.13 bits per heavy atom. The fraction of sp³-hybridized carbons (Fsp3) is 0.353. The topological polar surface area (TPSA) is 61.9 Å². The molecule has 0 saturated heterocycles. The van der Waals surface area contributed by atoms with Gasteiger partial charge in [-0.3, -0.25) is 4.79 Å². The number of imidazole rings is 1. The van der Waals surface area contributed by atoms with Crippen LogP contribution in [0.2, 0.25) is 5.02 Å². The van der Waals surface area contributed by atoms with E-state index in [0.29, 0.717) is 17.1 Å². The molecule has 3 rings (SSSR count). The number of rotatable bonds is 5. The number of halogens is 1. The highest BCUT2D eigenvalue weighted by atomic mass is 35.5. The molecule has 5 nitrogen and oxygen atoms in total. The van der Waals surface area contributed by atoms with Crippen molar-refractivity contribution in [2.75, 3.05) is 6.54 Å². The predicted octanol–water partition coefficient (Wildman–Crippen LogP) is 3.35. The molecule has 1 aromatic carbocycles. The lowest BCUT2D eigenvalue weighted by Gasteiger charge is -2.19. The molecule has 1 aliphatic heterocycles. The first-order valence-electron chi connectivity index (χ1n) is 7.59. The first-order valence-corrected chi connectivity index (χ1v) is 7.96. The molecule has 2 heterocycles. The molecule has 1 atom stereocenters. The van der Waals surface area contributed by atoms with Crippen LogP contribution in [-0.4, -0.2) is 26.9 Å². The molecule has 0 fully saturated rings. The van der Waals surface area contributed by atoms with Crippen molar-refractivity contribution in [2.24, 2.45) is 0 Å². The standard InChI is InChI=1S/C17H17ClN4O/c1-12-14(18)5-4-13-15(10-19)22(17(23)16(12)13)8-3-2-7-21-9-6-20-11-21/h4-6,9,11,15H,2-3,7-8H2,1H3. The van der Waals surface area contributed by atoms with Gasteiger partial charge in [-0.05, 0) is 31.4 Å². The number of nitriles is 1. The van der Waals surface area contributed by atoms with Gasteiger partial charge in [-0.2, -0.15) is 5.26 Å². The van der Waals surface area contributed by atoms with Crippen molar-refractivity contribution < 1.29 is 4.79 Å². The van der Waals surface area contributed by atoms with Crippen LogP contribution in [0.1, 0.15) is 40.4 Å². The molecule has 1 aromatic heterocycles. The average molecular weight is 329 g/mol. The van der Waals surface area contributed by atoms with Gasteiger partial charge >= 0.3 is 0 Å². The molecular weight excluding hydrogens is 312 g/mol. The zero-order valence-corrected chi connectivity index (χ0v) is 13.6. The summed E-state index contributed by atoms with van der Waals surface area (Å²) >= 11 is 6.12. The number of amides is 1. The van der Waals surface area contributed by atoms with Gasteiger partial charge in [0.2, 0.25) is 0 Å². The minimum atomic E-state index is -0.512. The number of aryl methyl sites for hydroxylation is 1. The van der Waals surface area contributed by atoms with Crippen LogP contribution in [0.15, 0.2) is 30.9 Å². The van der Waals surface area contributed by atoms with Gasteiger partial charge in [0.25, 0.3) is 5.91 Å². The lowest BCUT2D eigenvalue weighted by Crippen LogP contribution is -2.28. The number of aromatic nitrogens is 2. The van der Waals surface area contributed by atoms with Crippen LogP contribution >= 0.6 is 11.6 Å². The molecule has 0 N–H and O–H groups in total. The average Bonchev–Trinajstić information content (AvgIpc) is 3.14. The molecule has 0 aliphatic carbocycles. The number of unbranched alkanes of at least 4 members (excludes halogenated alkanes) is 1. The Morgan fingerprint density at radius 1 is 1.35 bits per heavy atom. The lowest BCUT2D eigenvalue weighted by atomic mass is 10.0. The summed E-state index contributed by atoms with van der Waals surface area (Å²) in [6, 6.07) is 5.29. The van der Waals surface area contributed by atoms with E-state index in [1.807, 2.05) is 17.7 Å². The van der Waals surface area contributed by atoms with Crippen molar-refractivity contribution in [3.63, 3.8) is 0 Å². The number of fused-ring (bicyclic) bond motifs is 1. The summed E-state index contributed by atoms with van der Waals surface area (Å²) < 4.78 is 2.01. The second-order valence-corrected chi connectivity index (χ2v) is 6.08. The van der Waals surface area contributed by atoms with Crippen molar-refractivity contribution in [1.29, 1.82) is 5.26 Å². The Balaban J connectivity index is 1.70. The van der Waals surface area contributed by atoms with E-state index < -0.39 is 6.04 Å². The Kier molecular flexibility index (Phi) is 4.35. The molecule has 0 saturated carbocycles. The summed E-state index contributed by atoms with van der Waals surface area (Å²) in [4.78, 5) is 18.3. The van der Waals surface area contributed by atoms with Gasteiger partial charge in [-0.1, -0.05) is 17.7 Å². The monoisotopic (exact) mass is 328 g/mol. The van der Waals surface area contributed by atoms with Crippen molar-refractivity contribution in [3.8, 4) is 6.07 Å². The van der Waals surface area contributed by atoms with Crippen LogP contribution in [0.4, 0.5) is 0 Å². The Labute approximate surface area is 140 Å². The van der Waals surface area contributed by atoms with E-state index in [1.165, 1.54) is 0 Å². The lowest BCUT2D eigenvalue weighted by molar-refractivity contribution is 0.0753. The number of benzene rings is 1. The second kappa shape index (κ2) is 6.43. The molecule has 0 radical (unpaired) electrons. The number of hydrogen-bond acceptors (Lipinski definition) is 3. The first kappa shape index (κ1) is 15.6. The summed E-state index contributed by atoms with van der Waals surface area (Å²) in [6.07, 6.45) is 7.21. The molecule has 1 unspecified atom stereocenters. The van der Waals surface area contributed by atoms with Crippen LogP contribution in [-0.2, 0) is 6.54 Å². The summed E-state index contributed by atoms with van der Waals surface area (Å²) in [5.41, 5.74) is 2.13. The molecule has 118 valence electrons. The van der Waals surface area contributed by atoms with Crippen molar-refractivity contribution >= 4 is 17.5 Å². The van der Waals surface area contributed by atoms with Gasteiger partial charge in [0.1, 0.15) is 6.04 Å². The fourth-order valence-electron chi connectivity index (χ4n) is 3.01. The normalized spacial score (nSPS) is 16.5. The summed E-state index contributed by atoms with van der Waals surface area (Å²) in [7, 11) is 0. The maximum absolute atomic E-state index is 12.7. The number of carbonyl (C=O) groups excluding carboxylic acids is 1. The van der Waals surface area contributed by atoms with Gasteiger partial charge in [0, 0.05) is 36.1 Å². The highest BCUT2D eigenvalue weighted by Crippen LogP contribution is 2.37. The molecule has 1 aliphatic rings. The number of nitrogens with zero attached hydrogens (tertiary/aromatic N) is 4. The maximum Gasteiger partial charge on any atom is 0.255 e. The zero-order valence-electron chi connectivity index (χ0n) is 12.9. The highest BCUT2D eigenvalue weighted by molar-refractivity contribution is 6.32. The van der Waals surface area contributed by atoms with Crippen molar-refractivity contribution in [1.82, 2.24) is 14.5 Å². The van der Waals surface area contributed by atoms with E-state index in [9.17, 15) is 10.1 Å². The van der Waals surface area contributed by atoms with Crippen LogP contribution < -0.4 is 0 Å². The van der Waals surface area contributed by atoms with E-state index >= 15 is 0 Å². The van der Waals surface area contributed by atoms with E-state index in [1.54, 1.807) is 29.6 Å². The Morgan fingerprint density at radius 3 is 2.83 bits per heavy atom. The third kappa shape index (κ3) is 2.82. The Hall–Kier alpha value is -2.32. The third-order valence-electron chi connectivity index (χ3n) is 4.26. The third-order valence-corrected chi connectivity index (χ3v) is 4.67. The van der Waals surface area contributed by atoms with Crippen LogP contribution in [0.3, 0.4) is 0 Å². The first-order chi connectivity index (χ1) is 11.1. The quantitative estimate of drug-likeness (QED) is 0.791. The van der Waals surface area contributed by atoms with Crippen molar-refractivity contribution in [3.05, 3.63) is 52.6 Å². The van der Waals surface area contributed by atoms with Gasteiger partial charge in [0.05, 0.1) is 18.0 Å². The van der Waals surface area contributed by atoms with Gasteiger partial charge in [0.15, 0.2) is 0 Å². The second-order valence-electron chi connectivity index (χ2n) is 5.67. The molecule has 1 amide bonds. The molecule has 0 bridgehead atoms. The smallest absolute Gasteiger partial charge is 0.255 e. The highest BCUT2D eigenvalue weighted by Gasteiger charge is 2.37. The van der Waals surface area contributed by atoms with E-state index in [-0.39, 0.29) is 5.91 Å². The summed E-state index contributed by atoms with van der Waals surface area (Å²) in [5, 5.41) is 10.0. The summed E-state index contributed by atoms with van der Waals surface area (Å²) in [6.45, 7) is 3.25. The number of carbonyl (C=O) groups is 1. The fourth-order valence-corrected chi connectivity index (χ4v) is 3.17. The van der Waals surface area contributed by atoms with Gasteiger partial charge in [-0.15, -0.1) is 0 Å². The molecule has 23 heavy (non-hydrogen) atoms. The largest absolute Gasteiger partial charge is 0.337 e. The minimum Gasteiger partial charge on any atom is -0.337 e. The number of hydrogen-bond donors (Lipinski definition) is 0. The van der Waals surface area contributed by atoms with Crippen LogP contribution in [0.5, 0.6) is 0 Å². The van der Waals surface area contributed by atoms with Crippen molar-refractivity contribution in [2.45, 2.75) is 32.4 Å². The van der Waals surface area contributed by atoms with Gasteiger partial charge < -0.3 is 9.47 Å². The Bertz CT molecular complexity index is 764. The van der Waals surface area contributed by atoms with E-state index in [0.717, 1.165) is 30.5 Å². The van der Waals surface area contributed by atoms with Gasteiger partial charge in [-0.25, -0.2) is 4.98 Å². The van der Waals surface area contributed by atoms with Crippen LogP contribution in [0, 0.1) is 18.3 Å². The van der Waals surface area contributed by atoms with Crippen LogP contribution in [0.25, 0.3) is 0 Å². The molecule has 6 heteroatoms.